The van der Waals surface area contributed by atoms with Crippen molar-refractivity contribution in [2.75, 3.05) is 7.11 Å². The quantitative estimate of drug-likeness (QED) is 0.318. The van der Waals surface area contributed by atoms with Crippen LogP contribution in [0, 0.1) is 0 Å². The zero-order valence-corrected chi connectivity index (χ0v) is 18.8. The molecule has 1 heterocycles. The average molecular weight is 443 g/mol. The summed E-state index contributed by atoms with van der Waals surface area (Å²) in [4.78, 5) is 12.0. The molecule has 0 aliphatic carbocycles. The van der Waals surface area contributed by atoms with Crippen LogP contribution in [-0.4, -0.2) is 19.2 Å². The van der Waals surface area contributed by atoms with E-state index in [4.69, 9.17) is 4.74 Å². The maximum Gasteiger partial charge on any atom is 0.417 e. The molecule has 1 aromatic heterocycles. The molecule has 2 rings (SSSR count). The van der Waals surface area contributed by atoms with Crippen molar-refractivity contribution in [1.82, 2.24) is 0 Å². The van der Waals surface area contributed by atoms with E-state index in [0.29, 0.717) is 17.5 Å². The van der Waals surface area contributed by atoms with Crippen LogP contribution in [0.2, 0.25) is 0 Å². The predicted molar refractivity (Wildman–Crippen MR) is 117 cm³/mol. The number of thiophene rings is 1. The molecule has 1 atom stereocenters. The van der Waals surface area contributed by atoms with Gasteiger partial charge in [-0.3, -0.25) is 4.79 Å². The SMILES string of the molecule is C/C=C(\C=C/C(C)OCc1cc2c(C(F)(F)F)cccc2s1)CCC(=O)OC.CC. The highest BCUT2D eigenvalue weighted by molar-refractivity contribution is 7.19. The third kappa shape index (κ3) is 7.95. The number of halogens is 3. The molecule has 0 aliphatic heterocycles. The molecule has 2 aromatic rings. The summed E-state index contributed by atoms with van der Waals surface area (Å²) in [6.45, 7) is 7.98. The summed E-state index contributed by atoms with van der Waals surface area (Å²) >= 11 is 1.30. The Labute approximate surface area is 180 Å². The third-order valence-corrected chi connectivity index (χ3v) is 5.28. The van der Waals surface area contributed by atoms with Gasteiger partial charge in [-0.15, -0.1) is 11.3 Å². The molecule has 0 radical (unpaired) electrons. The number of fused-ring (bicyclic) bond motifs is 1. The summed E-state index contributed by atoms with van der Waals surface area (Å²) in [6, 6.07) is 5.75. The van der Waals surface area contributed by atoms with Crippen LogP contribution in [0.1, 0.15) is 51.0 Å². The van der Waals surface area contributed by atoms with Gasteiger partial charge in [0.15, 0.2) is 0 Å². The molecule has 0 bridgehead atoms. The molecule has 166 valence electrons. The summed E-state index contributed by atoms with van der Waals surface area (Å²) < 4.78 is 50.3. The molecular formula is C23H29F3O3S. The number of methoxy groups -OCH3 is 1. The van der Waals surface area contributed by atoms with Gasteiger partial charge in [-0.2, -0.15) is 13.2 Å². The molecule has 0 saturated heterocycles. The highest BCUT2D eigenvalue weighted by Gasteiger charge is 2.32. The first-order chi connectivity index (χ1) is 14.2. The number of benzene rings is 1. The number of hydrogen-bond donors (Lipinski definition) is 0. The minimum atomic E-state index is -4.37. The largest absolute Gasteiger partial charge is 0.469 e. The Bertz CT molecular complexity index is 866. The Kier molecular flexibility index (Phi) is 10.8. The van der Waals surface area contributed by atoms with Crippen molar-refractivity contribution in [2.45, 2.75) is 59.4 Å². The van der Waals surface area contributed by atoms with Crippen LogP contribution in [0.5, 0.6) is 0 Å². The third-order valence-electron chi connectivity index (χ3n) is 4.20. The highest BCUT2D eigenvalue weighted by Crippen LogP contribution is 2.38. The van der Waals surface area contributed by atoms with Crippen molar-refractivity contribution in [1.29, 1.82) is 0 Å². The Morgan fingerprint density at radius 1 is 1.23 bits per heavy atom. The van der Waals surface area contributed by atoms with Crippen molar-refractivity contribution in [3.8, 4) is 0 Å². The van der Waals surface area contributed by atoms with Gasteiger partial charge >= 0.3 is 12.1 Å². The molecule has 30 heavy (non-hydrogen) atoms. The number of alkyl halides is 3. The second-order valence-electron chi connectivity index (χ2n) is 6.24. The van der Waals surface area contributed by atoms with Crippen LogP contribution < -0.4 is 0 Å². The molecule has 0 aliphatic rings. The van der Waals surface area contributed by atoms with Gasteiger partial charge in [0.25, 0.3) is 0 Å². The summed E-state index contributed by atoms with van der Waals surface area (Å²) in [5.74, 6) is -0.264. The van der Waals surface area contributed by atoms with E-state index in [1.165, 1.54) is 24.5 Å². The van der Waals surface area contributed by atoms with Crippen molar-refractivity contribution in [2.24, 2.45) is 0 Å². The molecule has 3 nitrogen and oxygen atoms in total. The normalized spacial score (nSPS) is 13.3. The van der Waals surface area contributed by atoms with E-state index in [-0.39, 0.29) is 24.1 Å². The molecule has 0 fully saturated rings. The van der Waals surface area contributed by atoms with Crippen LogP contribution in [-0.2, 0) is 27.1 Å². The number of hydrogen-bond acceptors (Lipinski definition) is 4. The van der Waals surface area contributed by atoms with Gasteiger partial charge in [-0.25, -0.2) is 0 Å². The van der Waals surface area contributed by atoms with Crippen LogP contribution in [0.15, 0.2) is 48.1 Å². The summed E-state index contributed by atoms with van der Waals surface area (Å²) in [6.07, 6.45) is 1.95. The van der Waals surface area contributed by atoms with E-state index >= 15 is 0 Å². The topological polar surface area (TPSA) is 35.5 Å². The fourth-order valence-electron chi connectivity index (χ4n) is 2.63. The number of ether oxygens (including phenoxy) is 2. The first-order valence-corrected chi connectivity index (χ1v) is 10.7. The van der Waals surface area contributed by atoms with Crippen molar-refractivity contribution in [3.63, 3.8) is 0 Å². The summed E-state index contributed by atoms with van der Waals surface area (Å²) in [7, 11) is 1.36. The first kappa shape index (κ1) is 25.9. The van der Waals surface area contributed by atoms with E-state index in [2.05, 4.69) is 4.74 Å². The zero-order valence-electron chi connectivity index (χ0n) is 18.0. The van der Waals surface area contributed by atoms with Crippen LogP contribution >= 0.6 is 11.3 Å². The van der Waals surface area contributed by atoms with Gasteiger partial charge in [-0.05, 0) is 38.5 Å². The number of esters is 1. The van der Waals surface area contributed by atoms with E-state index in [0.717, 1.165) is 16.5 Å². The fourth-order valence-corrected chi connectivity index (χ4v) is 3.64. The standard InChI is InChI=1S/C21H23F3O3S.C2H6/c1-4-15(10-11-20(25)26-3)9-8-14(2)27-13-16-12-17-18(21(22,23)24)6-5-7-19(17)28-16;1-2/h4-9,12,14H,10-11,13H2,1-3H3;1-2H3/b9-8-,15-4+;. The second kappa shape index (κ2) is 12.5. The molecule has 0 amide bonds. The summed E-state index contributed by atoms with van der Waals surface area (Å²) in [5, 5.41) is 0.209. The van der Waals surface area contributed by atoms with Gasteiger partial charge in [0.1, 0.15) is 0 Å². The van der Waals surface area contributed by atoms with Crippen molar-refractivity contribution < 1.29 is 27.4 Å². The second-order valence-corrected chi connectivity index (χ2v) is 7.41. The fraction of sp³-hybridized carbons (Fsp3) is 0.435. The predicted octanol–water partition coefficient (Wildman–Crippen LogP) is 7.31. The van der Waals surface area contributed by atoms with Crippen LogP contribution in [0.4, 0.5) is 13.2 Å². The number of carbonyl (C=O) groups excluding carboxylic acids is 1. The average Bonchev–Trinajstić information content (AvgIpc) is 3.15. The van der Waals surface area contributed by atoms with Gasteiger partial charge in [-0.1, -0.05) is 43.7 Å². The zero-order chi connectivity index (χ0) is 22.7. The molecule has 0 saturated carbocycles. The van der Waals surface area contributed by atoms with E-state index in [1.54, 1.807) is 12.1 Å². The lowest BCUT2D eigenvalue weighted by Gasteiger charge is -2.08. The lowest BCUT2D eigenvalue weighted by Crippen LogP contribution is -2.05. The van der Waals surface area contributed by atoms with Gasteiger partial charge in [0.2, 0.25) is 0 Å². The van der Waals surface area contributed by atoms with Crippen LogP contribution in [0.25, 0.3) is 10.1 Å². The van der Waals surface area contributed by atoms with Gasteiger partial charge < -0.3 is 9.47 Å². The number of carbonyl (C=O) groups is 1. The monoisotopic (exact) mass is 442 g/mol. The molecule has 0 spiro atoms. The Morgan fingerprint density at radius 3 is 2.53 bits per heavy atom. The Morgan fingerprint density at radius 2 is 1.93 bits per heavy atom. The van der Waals surface area contributed by atoms with E-state index < -0.39 is 11.7 Å². The minimum absolute atomic E-state index is 0.209. The number of rotatable bonds is 8. The van der Waals surface area contributed by atoms with Gasteiger partial charge in [0.05, 0.1) is 25.4 Å². The van der Waals surface area contributed by atoms with Crippen LogP contribution in [0.3, 0.4) is 0 Å². The first-order valence-electron chi connectivity index (χ1n) is 9.85. The lowest BCUT2D eigenvalue weighted by molar-refractivity contribution is -0.140. The van der Waals surface area contributed by atoms with Crippen molar-refractivity contribution >= 4 is 27.4 Å². The highest BCUT2D eigenvalue weighted by atomic mass is 32.1. The lowest BCUT2D eigenvalue weighted by atomic mass is 10.1. The molecule has 1 aromatic carbocycles. The maximum atomic E-state index is 13.1. The van der Waals surface area contributed by atoms with Crippen molar-refractivity contribution in [3.05, 3.63) is 58.5 Å². The molecule has 0 N–H and O–H groups in total. The van der Waals surface area contributed by atoms with E-state index in [1.807, 2.05) is 45.9 Å². The molecule has 7 heteroatoms. The Hall–Kier alpha value is -2.12. The van der Waals surface area contributed by atoms with Gasteiger partial charge in [0, 0.05) is 21.4 Å². The molecule has 1 unspecified atom stereocenters. The number of allylic oxidation sites excluding steroid dienone is 3. The maximum absolute atomic E-state index is 13.1. The molecular weight excluding hydrogens is 413 g/mol. The smallest absolute Gasteiger partial charge is 0.417 e. The summed E-state index contributed by atoms with van der Waals surface area (Å²) in [5.41, 5.74) is 0.362. The van der Waals surface area contributed by atoms with E-state index in [9.17, 15) is 18.0 Å². The Balaban J connectivity index is 0.00000218. The minimum Gasteiger partial charge on any atom is -0.469 e.